The van der Waals surface area contributed by atoms with E-state index in [9.17, 15) is 0 Å². The minimum atomic E-state index is 0.642. The number of para-hydroxylation sites is 2. The molecule has 0 saturated carbocycles. The Morgan fingerprint density at radius 3 is 1.00 bits per heavy atom. The number of nitrogens with zero attached hydrogens (tertiary/aromatic N) is 8. The van der Waals surface area contributed by atoms with Crippen molar-refractivity contribution in [3.05, 3.63) is 315 Å². The Kier molecular flexibility index (Phi) is 12.1. The van der Waals surface area contributed by atoms with Gasteiger partial charge in [0.1, 0.15) is 0 Å². The lowest BCUT2D eigenvalue weighted by Crippen LogP contribution is -2.01. The van der Waals surface area contributed by atoms with Crippen LogP contribution >= 0.6 is 0 Å². The molecule has 0 unspecified atom stereocenters. The molecular weight excluding hydrogens is 1150 g/mol. The summed E-state index contributed by atoms with van der Waals surface area (Å²) in [5, 5.41) is 10.2. The van der Waals surface area contributed by atoms with Crippen molar-refractivity contribution in [3.8, 4) is 124 Å². The molecule has 8 heteroatoms. The van der Waals surface area contributed by atoms with E-state index in [-0.39, 0.29) is 0 Å². The molecule has 0 spiro atoms. The molecule has 436 valence electrons. The summed E-state index contributed by atoms with van der Waals surface area (Å²) < 4.78 is 4.81. The van der Waals surface area contributed by atoms with Gasteiger partial charge in [-0.05, 0) is 109 Å². The highest BCUT2D eigenvalue weighted by atomic mass is 15.1. The average Bonchev–Trinajstić information content (AvgIpc) is 1.55. The van der Waals surface area contributed by atoms with Gasteiger partial charge < -0.3 is 9.13 Å². The molecule has 94 heavy (non-hydrogen) atoms. The molecule has 14 aromatic carbocycles. The third kappa shape index (κ3) is 8.47. The SMILES string of the molecule is c1ccc(-c2nc(-c3ccccc3)nc(-c3cccc(-n4c5ccccc5c5c6cccc7c6c(cc54)-c4ccccc4-7)c3)n2)cc1.c1ccc(-c2nc(-c3ccccc3)nc(-c3cccc(-n4c5ccccc5c5cc6c7c(cccc7c54)-c4ccccc4-6)c3)n2)cc1. The van der Waals surface area contributed by atoms with Gasteiger partial charge >= 0.3 is 0 Å². The molecule has 0 bridgehead atoms. The molecule has 0 amide bonds. The number of hydrogen-bond acceptors (Lipinski definition) is 6. The van der Waals surface area contributed by atoms with Crippen LogP contribution in [0.2, 0.25) is 0 Å². The van der Waals surface area contributed by atoms with Crippen molar-refractivity contribution in [1.82, 2.24) is 39.0 Å². The fourth-order valence-electron chi connectivity index (χ4n) is 14.6. The van der Waals surface area contributed by atoms with E-state index in [2.05, 4.69) is 203 Å². The molecule has 2 aliphatic carbocycles. The smallest absolute Gasteiger partial charge is 0.164 e. The van der Waals surface area contributed by atoms with Crippen LogP contribution in [0.15, 0.2) is 315 Å². The predicted molar refractivity (Wildman–Crippen MR) is 385 cm³/mol. The molecular formula is C86H52N8. The van der Waals surface area contributed by atoms with Gasteiger partial charge in [-0.1, -0.05) is 267 Å². The first-order valence-corrected chi connectivity index (χ1v) is 31.8. The van der Waals surface area contributed by atoms with E-state index in [1.54, 1.807) is 0 Å². The number of hydrogen-bond donors (Lipinski definition) is 0. The zero-order valence-corrected chi connectivity index (χ0v) is 50.6. The Balaban J connectivity index is 0.000000133. The highest BCUT2D eigenvalue weighted by Crippen LogP contribution is 2.53. The highest BCUT2D eigenvalue weighted by Gasteiger charge is 2.28. The lowest BCUT2D eigenvalue weighted by molar-refractivity contribution is 1.07. The van der Waals surface area contributed by atoms with Crippen molar-refractivity contribution in [2.75, 3.05) is 0 Å². The maximum Gasteiger partial charge on any atom is 0.164 e. The molecule has 0 aliphatic heterocycles. The van der Waals surface area contributed by atoms with Gasteiger partial charge in [0, 0.05) is 71.7 Å². The minimum Gasteiger partial charge on any atom is -0.309 e. The van der Waals surface area contributed by atoms with Gasteiger partial charge in [0.2, 0.25) is 0 Å². The summed E-state index contributed by atoms with van der Waals surface area (Å²) in [7, 11) is 0. The summed E-state index contributed by atoms with van der Waals surface area (Å²) in [5.74, 6) is 3.90. The first kappa shape index (κ1) is 53.1. The summed E-state index contributed by atoms with van der Waals surface area (Å²) in [6, 6.07) is 111. The van der Waals surface area contributed by atoms with E-state index in [0.717, 1.165) is 44.8 Å². The quantitative estimate of drug-likeness (QED) is 0.151. The first-order chi connectivity index (χ1) is 46.6. The number of fused-ring (bicyclic) bond motifs is 14. The molecule has 2 aliphatic rings. The Bertz CT molecular complexity index is 5970. The average molecular weight is 1200 g/mol. The lowest BCUT2D eigenvalue weighted by atomic mass is 9.98. The van der Waals surface area contributed by atoms with E-state index >= 15 is 0 Å². The molecule has 0 radical (unpaired) electrons. The largest absolute Gasteiger partial charge is 0.309 e. The molecule has 4 aromatic heterocycles. The second-order valence-electron chi connectivity index (χ2n) is 24.1. The van der Waals surface area contributed by atoms with Gasteiger partial charge in [-0.3, -0.25) is 0 Å². The van der Waals surface area contributed by atoms with Crippen molar-refractivity contribution < 1.29 is 0 Å². The molecule has 18 aromatic rings. The van der Waals surface area contributed by atoms with Crippen LogP contribution in [0.3, 0.4) is 0 Å². The standard InChI is InChI=1S/2C43H26N4/c1-3-13-27(14-4-1)41-44-42(28-15-5-2-6-16-28)46-43(45-41)29-17-11-18-30(25-29)47-37-24-10-9-21-34(37)40-35-23-12-22-33-31-19-7-8-20-32(31)36(39(33)35)26-38(40)47;1-3-13-27(14-4-1)41-44-42(28-15-5-2-6-16-28)46-43(45-41)29-17-11-18-30(25-29)47-38-24-10-9-21-33(38)37-26-36-32-20-8-7-19-31(32)34-22-12-23-35(39(34)36)40(37)47/h2*1-26H. The topological polar surface area (TPSA) is 87.2 Å². The molecule has 8 nitrogen and oxygen atoms in total. The fraction of sp³-hybridized carbons (Fsp3) is 0. The van der Waals surface area contributed by atoms with Crippen LogP contribution in [0.1, 0.15) is 0 Å². The van der Waals surface area contributed by atoms with Gasteiger partial charge in [-0.25, -0.2) is 29.9 Å². The molecule has 0 saturated heterocycles. The van der Waals surface area contributed by atoms with E-state index in [1.807, 2.05) is 121 Å². The van der Waals surface area contributed by atoms with Crippen molar-refractivity contribution in [2.24, 2.45) is 0 Å². The monoisotopic (exact) mass is 1200 g/mol. The van der Waals surface area contributed by atoms with Crippen LogP contribution in [0.4, 0.5) is 0 Å². The van der Waals surface area contributed by atoms with Gasteiger partial charge in [0.25, 0.3) is 0 Å². The van der Waals surface area contributed by atoms with Crippen molar-refractivity contribution in [3.63, 3.8) is 0 Å². The maximum absolute atomic E-state index is 5.02. The Hall–Kier alpha value is -12.8. The molecule has 20 rings (SSSR count). The molecule has 4 heterocycles. The fourth-order valence-corrected chi connectivity index (χ4v) is 14.6. The third-order valence-electron chi connectivity index (χ3n) is 18.7. The van der Waals surface area contributed by atoms with E-state index in [1.165, 1.54) is 110 Å². The van der Waals surface area contributed by atoms with Crippen LogP contribution in [0.5, 0.6) is 0 Å². The van der Waals surface area contributed by atoms with Crippen LogP contribution in [-0.4, -0.2) is 39.0 Å². The van der Waals surface area contributed by atoms with E-state index in [4.69, 9.17) is 29.9 Å². The normalized spacial score (nSPS) is 11.8. The van der Waals surface area contributed by atoms with Crippen molar-refractivity contribution >= 4 is 65.2 Å². The molecule has 0 N–H and O–H groups in total. The van der Waals surface area contributed by atoms with E-state index in [0.29, 0.717) is 34.9 Å². The summed E-state index contributed by atoms with van der Waals surface area (Å²) in [4.78, 5) is 29.9. The Morgan fingerprint density at radius 2 is 0.511 bits per heavy atom. The Morgan fingerprint density at radius 1 is 0.181 bits per heavy atom. The van der Waals surface area contributed by atoms with Gasteiger partial charge in [0.05, 0.1) is 22.1 Å². The third-order valence-corrected chi connectivity index (χ3v) is 18.7. The second-order valence-corrected chi connectivity index (χ2v) is 24.1. The summed E-state index contributed by atoms with van der Waals surface area (Å²) in [5.41, 5.74) is 23.0. The zero-order chi connectivity index (χ0) is 61.8. The lowest BCUT2D eigenvalue weighted by Gasteiger charge is -2.13. The van der Waals surface area contributed by atoms with Gasteiger partial charge in [-0.15, -0.1) is 0 Å². The van der Waals surface area contributed by atoms with Crippen molar-refractivity contribution in [2.45, 2.75) is 0 Å². The Labute approximate surface area is 540 Å². The summed E-state index contributed by atoms with van der Waals surface area (Å²) >= 11 is 0. The van der Waals surface area contributed by atoms with Crippen LogP contribution in [0, 0.1) is 0 Å². The van der Waals surface area contributed by atoms with Crippen LogP contribution in [-0.2, 0) is 0 Å². The first-order valence-electron chi connectivity index (χ1n) is 31.8. The molecule has 0 fully saturated rings. The number of benzene rings is 14. The number of rotatable bonds is 8. The summed E-state index contributed by atoms with van der Waals surface area (Å²) in [6.07, 6.45) is 0. The highest BCUT2D eigenvalue weighted by molar-refractivity contribution is 6.30. The van der Waals surface area contributed by atoms with Gasteiger partial charge in [0.15, 0.2) is 34.9 Å². The second kappa shape index (κ2) is 21.4. The number of aromatic nitrogens is 8. The minimum absolute atomic E-state index is 0.642. The predicted octanol–water partition coefficient (Wildman–Crippen LogP) is 21.5. The zero-order valence-electron chi connectivity index (χ0n) is 50.6. The van der Waals surface area contributed by atoms with Gasteiger partial charge in [-0.2, -0.15) is 0 Å². The van der Waals surface area contributed by atoms with Crippen molar-refractivity contribution in [1.29, 1.82) is 0 Å². The molecule has 0 atom stereocenters. The maximum atomic E-state index is 5.02. The summed E-state index contributed by atoms with van der Waals surface area (Å²) in [6.45, 7) is 0. The van der Waals surface area contributed by atoms with E-state index < -0.39 is 0 Å². The van der Waals surface area contributed by atoms with Crippen LogP contribution < -0.4 is 0 Å². The van der Waals surface area contributed by atoms with Crippen LogP contribution in [0.25, 0.3) is 189 Å².